The van der Waals surface area contributed by atoms with E-state index in [1.807, 2.05) is 30.3 Å². The molecule has 0 fully saturated rings. The van der Waals surface area contributed by atoms with E-state index in [2.05, 4.69) is 27.2 Å². The van der Waals surface area contributed by atoms with Gasteiger partial charge in [0, 0.05) is 29.9 Å². The molecule has 2 aromatic carbocycles. The monoisotopic (exact) mass is 338 g/mol. The second-order valence-corrected chi connectivity index (χ2v) is 5.25. The topological polar surface area (TPSA) is 49.8 Å². The highest BCUT2D eigenvalue weighted by Crippen LogP contribution is 2.24. The fourth-order valence-electron chi connectivity index (χ4n) is 2.23. The number of hydrogen-bond donors (Lipinski definition) is 2. The number of nitrogens with zero attached hydrogens (tertiary/aromatic N) is 2. The van der Waals surface area contributed by atoms with E-state index in [1.165, 1.54) is 6.07 Å². The number of benzene rings is 2. The lowest BCUT2D eigenvalue weighted by Gasteiger charge is -2.11. The fraction of sp³-hybridized carbons (Fsp3) is 0.0526. The molecule has 0 aliphatic carbocycles. The third kappa shape index (κ3) is 4.17. The molecule has 126 valence electrons. The van der Waals surface area contributed by atoms with Crippen molar-refractivity contribution in [1.82, 2.24) is 9.97 Å². The molecule has 0 unspecified atom stereocenters. The van der Waals surface area contributed by atoms with Crippen molar-refractivity contribution in [3.05, 3.63) is 78.9 Å². The number of nitrogens with one attached hydrogen (secondary N) is 2. The molecule has 1 aromatic heterocycles. The van der Waals surface area contributed by atoms with Gasteiger partial charge in [-0.05, 0) is 12.1 Å². The van der Waals surface area contributed by atoms with Crippen LogP contribution in [0.1, 0.15) is 0 Å². The first-order valence-electron chi connectivity index (χ1n) is 7.67. The van der Waals surface area contributed by atoms with Crippen LogP contribution in [0.25, 0.3) is 11.3 Å². The molecule has 0 bridgehead atoms. The Morgan fingerprint density at radius 3 is 2.48 bits per heavy atom. The molecule has 0 aliphatic heterocycles. The summed E-state index contributed by atoms with van der Waals surface area (Å²) in [4.78, 5) is 8.82. The van der Waals surface area contributed by atoms with Gasteiger partial charge in [0.2, 0.25) is 5.95 Å². The van der Waals surface area contributed by atoms with Crippen LogP contribution in [0.4, 0.5) is 26.2 Å². The maximum atomic E-state index is 13.4. The Balaban J connectivity index is 1.96. The molecular formula is C19H16F2N4. The zero-order valence-corrected chi connectivity index (χ0v) is 13.3. The summed E-state index contributed by atoms with van der Waals surface area (Å²) in [6.45, 7) is 4.16. The number of rotatable bonds is 6. The molecule has 0 radical (unpaired) electrons. The molecule has 3 rings (SSSR count). The summed E-state index contributed by atoms with van der Waals surface area (Å²) in [5.74, 6) is -0.948. The van der Waals surface area contributed by atoms with Gasteiger partial charge < -0.3 is 10.6 Å². The Hall–Kier alpha value is -3.28. The number of anilines is 3. The van der Waals surface area contributed by atoms with Gasteiger partial charge in [0.05, 0.1) is 5.69 Å². The van der Waals surface area contributed by atoms with Crippen molar-refractivity contribution in [3.8, 4) is 11.3 Å². The van der Waals surface area contributed by atoms with Crippen LogP contribution in [-0.2, 0) is 0 Å². The molecule has 0 amide bonds. The van der Waals surface area contributed by atoms with Crippen molar-refractivity contribution in [2.75, 3.05) is 17.2 Å². The van der Waals surface area contributed by atoms with E-state index in [9.17, 15) is 8.78 Å². The molecule has 0 atom stereocenters. The van der Waals surface area contributed by atoms with Crippen LogP contribution in [0.15, 0.2) is 67.3 Å². The van der Waals surface area contributed by atoms with Crippen molar-refractivity contribution in [3.63, 3.8) is 0 Å². The third-order valence-electron chi connectivity index (χ3n) is 3.39. The first-order valence-corrected chi connectivity index (χ1v) is 7.67. The van der Waals surface area contributed by atoms with Crippen LogP contribution < -0.4 is 10.6 Å². The molecule has 0 spiro atoms. The van der Waals surface area contributed by atoms with E-state index >= 15 is 0 Å². The lowest BCUT2D eigenvalue weighted by Crippen LogP contribution is -2.06. The van der Waals surface area contributed by atoms with Crippen LogP contribution in [0.3, 0.4) is 0 Å². The molecule has 3 aromatic rings. The van der Waals surface area contributed by atoms with Crippen LogP contribution >= 0.6 is 0 Å². The van der Waals surface area contributed by atoms with E-state index in [0.29, 0.717) is 29.7 Å². The lowest BCUT2D eigenvalue weighted by molar-refractivity contribution is 0.509. The normalized spacial score (nSPS) is 10.3. The largest absolute Gasteiger partial charge is 0.351 e. The quantitative estimate of drug-likeness (QED) is 0.636. The van der Waals surface area contributed by atoms with Gasteiger partial charge in [-0.3, -0.25) is 0 Å². The zero-order chi connectivity index (χ0) is 17.6. The van der Waals surface area contributed by atoms with Gasteiger partial charge in [0.25, 0.3) is 0 Å². The Morgan fingerprint density at radius 2 is 1.76 bits per heavy atom. The summed E-state index contributed by atoms with van der Waals surface area (Å²) >= 11 is 0. The molecule has 0 aliphatic rings. The highest BCUT2D eigenvalue weighted by atomic mass is 19.2. The molecule has 25 heavy (non-hydrogen) atoms. The van der Waals surface area contributed by atoms with E-state index in [4.69, 9.17) is 0 Å². The van der Waals surface area contributed by atoms with Crippen molar-refractivity contribution in [2.45, 2.75) is 0 Å². The van der Waals surface area contributed by atoms with Crippen LogP contribution in [0.2, 0.25) is 0 Å². The van der Waals surface area contributed by atoms with Gasteiger partial charge >= 0.3 is 0 Å². The Bertz CT molecular complexity index is 882. The summed E-state index contributed by atoms with van der Waals surface area (Å²) in [6.07, 6.45) is 1.70. The molecule has 1 heterocycles. The fourth-order valence-corrected chi connectivity index (χ4v) is 2.23. The van der Waals surface area contributed by atoms with E-state index in [0.717, 1.165) is 17.7 Å². The first kappa shape index (κ1) is 16.6. The summed E-state index contributed by atoms with van der Waals surface area (Å²) < 4.78 is 26.5. The van der Waals surface area contributed by atoms with Crippen molar-refractivity contribution in [1.29, 1.82) is 0 Å². The third-order valence-corrected chi connectivity index (χ3v) is 3.39. The summed E-state index contributed by atoms with van der Waals surface area (Å²) in [5.41, 5.74) is 2.01. The minimum atomic E-state index is -0.924. The van der Waals surface area contributed by atoms with E-state index < -0.39 is 11.6 Å². The van der Waals surface area contributed by atoms with Crippen molar-refractivity contribution < 1.29 is 8.78 Å². The predicted octanol–water partition coefficient (Wildman–Crippen LogP) is 4.76. The average Bonchev–Trinajstić information content (AvgIpc) is 2.63. The van der Waals surface area contributed by atoms with Gasteiger partial charge in [0.15, 0.2) is 11.6 Å². The van der Waals surface area contributed by atoms with Gasteiger partial charge in [0.1, 0.15) is 5.82 Å². The molecule has 0 saturated heterocycles. The SMILES string of the molecule is C=CCNc1nc(Nc2ccc(F)c(F)c2)cc(-c2ccccc2)n1. The summed E-state index contributed by atoms with van der Waals surface area (Å²) in [7, 11) is 0. The number of halogens is 2. The highest BCUT2D eigenvalue weighted by Gasteiger charge is 2.08. The van der Waals surface area contributed by atoms with Gasteiger partial charge in [-0.25, -0.2) is 13.8 Å². The lowest BCUT2D eigenvalue weighted by atomic mass is 10.1. The summed E-state index contributed by atoms with van der Waals surface area (Å²) in [6, 6.07) is 14.9. The van der Waals surface area contributed by atoms with Gasteiger partial charge in [-0.15, -0.1) is 6.58 Å². The summed E-state index contributed by atoms with van der Waals surface area (Å²) in [5, 5.41) is 6.01. The maximum absolute atomic E-state index is 13.4. The van der Waals surface area contributed by atoms with E-state index in [-0.39, 0.29) is 0 Å². The smallest absolute Gasteiger partial charge is 0.225 e. The van der Waals surface area contributed by atoms with Crippen LogP contribution in [0, 0.1) is 11.6 Å². The molecule has 6 heteroatoms. The highest BCUT2D eigenvalue weighted by molar-refractivity contribution is 5.67. The number of hydrogen-bond acceptors (Lipinski definition) is 4. The predicted molar refractivity (Wildman–Crippen MR) is 95.8 cm³/mol. The van der Waals surface area contributed by atoms with Crippen molar-refractivity contribution in [2.24, 2.45) is 0 Å². The van der Waals surface area contributed by atoms with Gasteiger partial charge in [-0.1, -0.05) is 36.4 Å². The molecular weight excluding hydrogens is 322 g/mol. The van der Waals surface area contributed by atoms with Gasteiger partial charge in [-0.2, -0.15) is 4.98 Å². The average molecular weight is 338 g/mol. The standard InChI is InChI=1S/C19H16F2N4/c1-2-10-22-19-24-17(13-6-4-3-5-7-13)12-18(25-19)23-14-8-9-15(20)16(21)11-14/h2-9,11-12H,1,10H2,(H2,22,23,24,25). The second-order valence-electron chi connectivity index (χ2n) is 5.25. The van der Waals surface area contributed by atoms with Crippen molar-refractivity contribution >= 4 is 17.5 Å². The molecule has 2 N–H and O–H groups in total. The zero-order valence-electron chi connectivity index (χ0n) is 13.3. The first-order chi connectivity index (χ1) is 12.2. The Labute approximate surface area is 144 Å². The van der Waals surface area contributed by atoms with Crippen LogP contribution in [0.5, 0.6) is 0 Å². The molecule has 4 nitrogen and oxygen atoms in total. The minimum Gasteiger partial charge on any atom is -0.351 e. The Kier molecular flexibility index (Phi) is 4.99. The minimum absolute atomic E-state index is 0.395. The second kappa shape index (κ2) is 7.53. The Morgan fingerprint density at radius 1 is 0.960 bits per heavy atom. The maximum Gasteiger partial charge on any atom is 0.225 e. The molecule has 0 saturated carbocycles. The van der Waals surface area contributed by atoms with Crippen LogP contribution in [-0.4, -0.2) is 16.5 Å². The van der Waals surface area contributed by atoms with E-state index in [1.54, 1.807) is 12.1 Å². The number of aromatic nitrogens is 2.